The Morgan fingerprint density at radius 3 is 2.92 bits per heavy atom. The maximum Gasteiger partial charge on any atom is 0.248 e. The quantitative estimate of drug-likeness (QED) is 0.792. The van der Waals surface area contributed by atoms with Gasteiger partial charge in [-0.2, -0.15) is 0 Å². The average Bonchev–Trinajstić information content (AvgIpc) is 2.62. The first-order valence-corrected chi connectivity index (χ1v) is 9.25. The summed E-state index contributed by atoms with van der Waals surface area (Å²) in [4.78, 5) is 15.9. The number of carbonyl (C=O) groups is 1. The van der Waals surface area contributed by atoms with Crippen LogP contribution < -0.4 is 0 Å². The normalized spacial score (nSPS) is 26.9. The molecular formula is C20H30N2O3. The number of ether oxygens (including phenoxy) is 2. The summed E-state index contributed by atoms with van der Waals surface area (Å²) >= 11 is 0. The first-order valence-electron chi connectivity index (χ1n) is 9.25. The molecule has 1 amide bonds. The predicted octanol–water partition coefficient (Wildman–Crippen LogP) is 2.16. The molecule has 2 saturated heterocycles. The van der Waals surface area contributed by atoms with Crippen LogP contribution in [0.5, 0.6) is 0 Å². The van der Waals surface area contributed by atoms with Gasteiger partial charge in [-0.25, -0.2) is 0 Å². The SMILES string of the molecule is CN(C)C(=O)COC[C@]12CCCO[C@H]1CCN(Cc1ccccc1)C2. The summed E-state index contributed by atoms with van der Waals surface area (Å²) in [5.74, 6) is 0.0154. The molecule has 25 heavy (non-hydrogen) atoms. The third-order valence-corrected chi connectivity index (χ3v) is 5.43. The molecule has 0 unspecified atom stereocenters. The first-order chi connectivity index (χ1) is 12.1. The summed E-state index contributed by atoms with van der Waals surface area (Å²) < 4.78 is 11.9. The molecule has 2 fully saturated rings. The summed E-state index contributed by atoms with van der Waals surface area (Å²) in [6.45, 7) is 4.59. The molecule has 0 N–H and O–H groups in total. The number of amides is 1. The van der Waals surface area contributed by atoms with Gasteiger partial charge in [0.05, 0.1) is 12.7 Å². The number of carbonyl (C=O) groups excluding carboxylic acids is 1. The average molecular weight is 346 g/mol. The minimum Gasteiger partial charge on any atom is -0.377 e. The lowest BCUT2D eigenvalue weighted by molar-refractivity contribution is -0.160. The van der Waals surface area contributed by atoms with Crippen molar-refractivity contribution in [2.45, 2.75) is 31.9 Å². The molecule has 0 spiro atoms. The Balaban J connectivity index is 1.63. The fourth-order valence-electron chi connectivity index (χ4n) is 4.04. The highest BCUT2D eigenvalue weighted by Crippen LogP contribution is 2.40. The molecule has 0 aromatic heterocycles. The lowest BCUT2D eigenvalue weighted by atomic mass is 9.73. The van der Waals surface area contributed by atoms with Gasteiger partial charge in [-0.05, 0) is 24.8 Å². The molecule has 1 aromatic carbocycles. The Morgan fingerprint density at radius 1 is 1.36 bits per heavy atom. The predicted molar refractivity (Wildman–Crippen MR) is 97.3 cm³/mol. The second kappa shape index (κ2) is 8.30. The maximum absolute atomic E-state index is 11.8. The van der Waals surface area contributed by atoms with Crippen molar-refractivity contribution in [1.29, 1.82) is 0 Å². The fourth-order valence-corrected chi connectivity index (χ4v) is 4.04. The topological polar surface area (TPSA) is 42.0 Å². The van der Waals surface area contributed by atoms with Crippen LogP contribution in [-0.2, 0) is 20.8 Å². The molecule has 2 atom stereocenters. The number of likely N-dealkylation sites (N-methyl/N-ethyl adjacent to an activating group) is 1. The Labute approximate surface area is 150 Å². The Hall–Kier alpha value is -1.43. The first kappa shape index (κ1) is 18.4. The molecule has 138 valence electrons. The van der Waals surface area contributed by atoms with E-state index >= 15 is 0 Å². The number of piperidine rings is 1. The van der Waals surface area contributed by atoms with Gasteiger partial charge >= 0.3 is 0 Å². The van der Waals surface area contributed by atoms with E-state index in [1.807, 2.05) is 0 Å². The number of rotatable bonds is 6. The zero-order valence-electron chi connectivity index (χ0n) is 15.4. The van der Waals surface area contributed by atoms with Gasteiger partial charge in [0.15, 0.2) is 0 Å². The number of hydrogen-bond acceptors (Lipinski definition) is 4. The van der Waals surface area contributed by atoms with Gasteiger partial charge in [0.1, 0.15) is 6.61 Å². The van der Waals surface area contributed by atoms with Crippen LogP contribution in [0.3, 0.4) is 0 Å². The van der Waals surface area contributed by atoms with Gasteiger partial charge in [0, 0.05) is 45.8 Å². The third-order valence-electron chi connectivity index (χ3n) is 5.43. The number of nitrogens with zero attached hydrogens (tertiary/aromatic N) is 2. The molecule has 2 heterocycles. The van der Waals surface area contributed by atoms with E-state index in [1.54, 1.807) is 19.0 Å². The lowest BCUT2D eigenvalue weighted by Crippen LogP contribution is -2.56. The smallest absolute Gasteiger partial charge is 0.248 e. The van der Waals surface area contributed by atoms with Crippen LogP contribution in [0.2, 0.25) is 0 Å². The summed E-state index contributed by atoms with van der Waals surface area (Å²) in [5.41, 5.74) is 1.36. The molecule has 5 heteroatoms. The Kier molecular flexibility index (Phi) is 6.10. The van der Waals surface area contributed by atoms with Crippen LogP contribution in [0.1, 0.15) is 24.8 Å². The number of hydrogen-bond donors (Lipinski definition) is 0. The van der Waals surface area contributed by atoms with E-state index in [-0.39, 0.29) is 24.0 Å². The van der Waals surface area contributed by atoms with Crippen molar-refractivity contribution in [3.8, 4) is 0 Å². The molecule has 1 aromatic rings. The van der Waals surface area contributed by atoms with E-state index in [1.165, 1.54) is 5.56 Å². The zero-order chi connectivity index (χ0) is 17.7. The number of likely N-dealkylation sites (tertiary alicyclic amines) is 1. The van der Waals surface area contributed by atoms with Crippen LogP contribution >= 0.6 is 0 Å². The molecule has 0 saturated carbocycles. The van der Waals surface area contributed by atoms with E-state index < -0.39 is 0 Å². The summed E-state index contributed by atoms with van der Waals surface area (Å²) in [6.07, 6.45) is 3.47. The molecule has 0 bridgehead atoms. The van der Waals surface area contributed by atoms with Crippen LogP contribution in [0.4, 0.5) is 0 Å². The molecule has 2 aliphatic rings. The largest absolute Gasteiger partial charge is 0.377 e. The van der Waals surface area contributed by atoms with Crippen molar-refractivity contribution < 1.29 is 14.3 Å². The molecule has 3 rings (SSSR count). The Bertz CT molecular complexity index is 563. The highest BCUT2D eigenvalue weighted by atomic mass is 16.5. The van der Waals surface area contributed by atoms with E-state index in [0.29, 0.717) is 6.61 Å². The number of fused-ring (bicyclic) bond motifs is 1. The Morgan fingerprint density at radius 2 is 2.16 bits per heavy atom. The lowest BCUT2D eigenvalue weighted by Gasteiger charge is -2.50. The van der Waals surface area contributed by atoms with Crippen molar-refractivity contribution in [3.63, 3.8) is 0 Å². The highest BCUT2D eigenvalue weighted by Gasteiger charge is 2.46. The maximum atomic E-state index is 11.8. The van der Waals surface area contributed by atoms with E-state index in [2.05, 4.69) is 35.2 Å². The van der Waals surface area contributed by atoms with Gasteiger partial charge in [0.25, 0.3) is 0 Å². The summed E-state index contributed by atoms with van der Waals surface area (Å²) in [5, 5.41) is 0. The van der Waals surface area contributed by atoms with Crippen LogP contribution in [0.25, 0.3) is 0 Å². The van der Waals surface area contributed by atoms with Gasteiger partial charge in [-0.3, -0.25) is 9.69 Å². The van der Waals surface area contributed by atoms with Crippen LogP contribution in [0, 0.1) is 5.41 Å². The monoisotopic (exact) mass is 346 g/mol. The van der Waals surface area contributed by atoms with Gasteiger partial charge in [-0.15, -0.1) is 0 Å². The summed E-state index contributed by atoms with van der Waals surface area (Å²) in [7, 11) is 3.53. The zero-order valence-corrected chi connectivity index (χ0v) is 15.4. The van der Waals surface area contributed by atoms with Crippen LogP contribution in [0.15, 0.2) is 30.3 Å². The fraction of sp³-hybridized carbons (Fsp3) is 0.650. The van der Waals surface area contributed by atoms with Crippen molar-refractivity contribution in [3.05, 3.63) is 35.9 Å². The van der Waals surface area contributed by atoms with Crippen molar-refractivity contribution in [1.82, 2.24) is 9.80 Å². The molecule has 0 aliphatic carbocycles. The van der Waals surface area contributed by atoms with Crippen molar-refractivity contribution >= 4 is 5.91 Å². The second-order valence-electron chi connectivity index (χ2n) is 7.59. The standard InChI is InChI=1S/C20H30N2O3/c1-21(2)19(23)14-24-16-20-10-6-12-25-18(20)9-11-22(15-20)13-17-7-4-3-5-8-17/h3-5,7-8,18H,6,9-16H2,1-2H3/t18-,20+/m0/s1. The van der Waals surface area contributed by atoms with Crippen molar-refractivity contribution in [2.75, 3.05) is 47.0 Å². The molecule has 0 radical (unpaired) electrons. The van der Waals surface area contributed by atoms with Crippen molar-refractivity contribution in [2.24, 2.45) is 5.41 Å². The second-order valence-corrected chi connectivity index (χ2v) is 7.59. The molecule has 2 aliphatic heterocycles. The highest BCUT2D eigenvalue weighted by molar-refractivity contribution is 5.76. The molecule has 5 nitrogen and oxygen atoms in total. The summed E-state index contributed by atoms with van der Waals surface area (Å²) in [6, 6.07) is 10.6. The molecular weight excluding hydrogens is 316 g/mol. The minimum absolute atomic E-state index is 0.0118. The van der Waals surface area contributed by atoms with E-state index in [4.69, 9.17) is 9.47 Å². The van der Waals surface area contributed by atoms with Crippen LogP contribution in [-0.4, -0.2) is 68.8 Å². The minimum atomic E-state index is 0.0118. The van der Waals surface area contributed by atoms with Gasteiger partial charge in [-0.1, -0.05) is 30.3 Å². The van der Waals surface area contributed by atoms with E-state index in [9.17, 15) is 4.79 Å². The van der Waals surface area contributed by atoms with Gasteiger partial charge in [0.2, 0.25) is 5.91 Å². The van der Waals surface area contributed by atoms with Gasteiger partial charge < -0.3 is 14.4 Å². The third kappa shape index (κ3) is 4.60. The number of benzene rings is 1. The van der Waals surface area contributed by atoms with E-state index in [0.717, 1.165) is 45.5 Å².